The molecule has 0 heterocycles. The van der Waals surface area contributed by atoms with Crippen LogP contribution in [0.4, 0.5) is 5.69 Å². The molecule has 0 spiro atoms. The van der Waals surface area contributed by atoms with Crippen LogP contribution >= 0.6 is 15.9 Å². The molecule has 4 heteroatoms. The number of carbonyl (C=O) groups excluding carboxylic acids is 1. The van der Waals surface area contributed by atoms with Gasteiger partial charge in [0.2, 0.25) is 0 Å². The summed E-state index contributed by atoms with van der Waals surface area (Å²) in [7, 11) is 1.32. The van der Waals surface area contributed by atoms with E-state index in [1.165, 1.54) is 13.2 Å². The van der Waals surface area contributed by atoms with Crippen molar-refractivity contribution in [2.24, 2.45) is 0 Å². The molecular formula is C10H8BrNO2. The molecule has 1 aromatic rings. The maximum absolute atomic E-state index is 11.3. The van der Waals surface area contributed by atoms with E-state index >= 15 is 0 Å². The highest BCUT2D eigenvalue weighted by molar-refractivity contribution is 9.08. The number of methoxy groups -OCH3 is 1. The van der Waals surface area contributed by atoms with Crippen molar-refractivity contribution >= 4 is 27.6 Å². The molecule has 0 aliphatic carbocycles. The Labute approximate surface area is 90.6 Å². The summed E-state index contributed by atoms with van der Waals surface area (Å²) in [6.45, 7) is 6.83. The summed E-state index contributed by atoms with van der Waals surface area (Å²) in [5.74, 6) is -0.412. The summed E-state index contributed by atoms with van der Waals surface area (Å²) in [4.78, 5) is 14.6. The quantitative estimate of drug-likeness (QED) is 0.461. The summed E-state index contributed by atoms with van der Waals surface area (Å²) < 4.78 is 4.62. The molecule has 0 amide bonds. The summed E-state index contributed by atoms with van der Waals surface area (Å²) in [5, 5.41) is 0.565. The predicted octanol–water partition coefficient (Wildman–Crippen LogP) is 2.92. The Balaban J connectivity index is 3.23. The molecule has 0 fully saturated rings. The van der Waals surface area contributed by atoms with E-state index in [0.29, 0.717) is 16.6 Å². The number of halogens is 1. The van der Waals surface area contributed by atoms with Crippen molar-refractivity contribution < 1.29 is 9.53 Å². The second-order valence-electron chi connectivity index (χ2n) is 2.58. The van der Waals surface area contributed by atoms with Gasteiger partial charge in [0.25, 0.3) is 0 Å². The molecule has 0 atom stereocenters. The monoisotopic (exact) mass is 253 g/mol. The number of ether oxygens (including phenoxy) is 1. The SMILES string of the molecule is [C-]#[N+]c1ccc(CBr)c(C(=O)OC)c1. The average Bonchev–Trinajstić information content (AvgIpc) is 2.27. The maximum Gasteiger partial charge on any atom is 0.336 e. The molecule has 0 saturated heterocycles. The highest BCUT2D eigenvalue weighted by atomic mass is 79.9. The molecule has 14 heavy (non-hydrogen) atoms. The highest BCUT2D eigenvalue weighted by Crippen LogP contribution is 2.21. The molecule has 0 radical (unpaired) electrons. The summed E-state index contributed by atoms with van der Waals surface area (Å²) >= 11 is 3.27. The minimum absolute atomic E-state index is 0.412. The van der Waals surface area contributed by atoms with Gasteiger partial charge in [-0.05, 0) is 11.6 Å². The van der Waals surface area contributed by atoms with E-state index in [9.17, 15) is 4.79 Å². The second-order valence-corrected chi connectivity index (χ2v) is 3.14. The van der Waals surface area contributed by atoms with E-state index < -0.39 is 5.97 Å². The third kappa shape index (κ3) is 2.12. The molecule has 0 bridgehead atoms. The van der Waals surface area contributed by atoms with Gasteiger partial charge in [-0.1, -0.05) is 28.1 Å². The van der Waals surface area contributed by atoms with Crippen molar-refractivity contribution in [2.45, 2.75) is 5.33 Å². The number of nitrogens with zero attached hydrogens (tertiary/aromatic N) is 1. The molecular weight excluding hydrogens is 246 g/mol. The van der Waals surface area contributed by atoms with Crippen LogP contribution < -0.4 is 0 Å². The van der Waals surface area contributed by atoms with E-state index in [-0.39, 0.29) is 0 Å². The zero-order valence-corrected chi connectivity index (χ0v) is 9.17. The normalized spacial score (nSPS) is 9.21. The van der Waals surface area contributed by atoms with Crippen LogP contribution in [0.3, 0.4) is 0 Å². The Morgan fingerprint density at radius 3 is 2.86 bits per heavy atom. The molecule has 0 aliphatic rings. The van der Waals surface area contributed by atoms with E-state index in [2.05, 4.69) is 25.5 Å². The Kier molecular flexibility index (Phi) is 3.66. The lowest BCUT2D eigenvalue weighted by Crippen LogP contribution is -2.04. The van der Waals surface area contributed by atoms with Crippen LogP contribution in [0.2, 0.25) is 0 Å². The number of esters is 1. The molecule has 0 unspecified atom stereocenters. The fraction of sp³-hybridized carbons (Fsp3) is 0.200. The zero-order chi connectivity index (χ0) is 10.6. The number of benzene rings is 1. The topological polar surface area (TPSA) is 30.7 Å². The summed E-state index contributed by atoms with van der Waals surface area (Å²) in [5.41, 5.74) is 1.71. The van der Waals surface area contributed by atoms with Crippen molar-refractivity contribution in [3.8, 4) is 0 Å². The smallest absolute Gasteiger partial charge is 0.336 e. The van der Waals surface area contributed by atoms with Crippen LogP contribution in [0.15, 0.2) is 18.2 Å². The molecule has 0 aromatic heterocycles. The molecule has 1 aromatic carbocycles. The molecule has 0 saturated carbocycles. The molecule has 72 valence electrons. The van der Waals surface area contributed by atoms with E-state index in [0.717, 1.165) is 5.56 Å². The lowest BCUT2D eigenvalue weighted by Gasteiger charge is -2.05. The third-order valence-corrected chi connectivity index (χ3v) is 2.38. The maximum atomic E-state index is 11.3. The lowest BCUT2D eigenvalue weighted by molar-refractivity contribution is 0.0600. The third-order valence-electron chi connectivity index (χ3n) is 1.77. The van der Waals surface area contributed by atoms with Crippen molar-refractivity contribution in [1.82, 2.24) is 0 Å². The largest absolute Gasteiger partial charge is 0.465 e. The summed E-state index contributed by atoms with van der Waals surface area (Å²) in [6.07, 6.45) is 0. The fourth-order valence-corrected chi connectivity index (χ4v) is 1.54. The molecule has 0 aliphatic heterocycles. The van der Waals surface area contributed by atoms with Gasteiger partial charge in [-0.25, -0.2) is 9.64 Å². The second kappa shape index (κ2) is 4.77. The van der Waals surface area contributed by atoms with Gasteiger partial charge in [-0.2, -0.15) is 0 Å². The minimum atomic E-state index is -0.412. The predicted molar refractivity (Wildman–Crippen MR) is 56.7 cm³/mol. The van der Waals surface area contributed by atoms with Gasteiger partial charge in [-0.3, -0.25) is 0 Å². The first-order valence-corrected chi connectivity index (χ1v) is 4.99. The van der Waals surface area contributed by atoms with Crippen LogP contribution in [-0.4, -0.2) is 13.1 Å². The minimum Gasteiger partial charge on any atom is -0.465 e. The van der Waals surface area contributed by atoms with Crippen molar-refractivity contribution in [1.29, 1.82) is 0 Å². The van der Waals surface area contributed by atoms with Gasteiger partial charge in [0.05, 0.1) is 19.2 Å². The fourth-order valence-electron chi connectivity index (χ4n) is 1.05. The van der Waals surface area contributed by atoms with E-state index in [1.54, 1.807) is 12.1 Å². The first-order valence-electron chi connectivity index (χ1n) is 3.87. The summed E-state index contributed by atoms with van der Waals surface area (Å²) in [6, 6.07) is 4.96. The van der Waals surface area contributed by atoms with Gasteiger partial charge < -0.3 is 4.74 Å². The number of carbonyl (C=O) groups is 1. The van der Waals surface area contributed by atoms with Crippen molar-refractivity contribution in [3.05, 3.63) is 40.7 Å². The number of alkyl halides is 1. The molecule has 0 N–H and O–H groups in total. The van der Waals surface area contributed by atoms with Crippen LogP contribution in [-0.2, 0) is 10.1 Å². The standard InChI is InChI=1S/C10H8BrNO2/c1-12-8-4-3-7(6-11)9(5-8)10(13)14-2/h3-5H,6H2,2H3. The Morgan fingerprint density at radius 1 is 1.64 bits per heavy atom. The average molecular weight is 254 g/mol. The van der Waals surface area contributed by atoms with E-state index in [4.69, 9.17) is 6.57 Å². The van der Waals surface area contributed by atoms with Crippen molar-refractivity contribution in [3.63, 3.8) is 0 Å². The number of rotatable bonds is 2. The first-order chi connectivity index (χ1) is 6.72. The van der Waals surface area contributed by atoms with Gasteiger partial charge in [0.1, 0.15) is 0 Å². The highest BCUT2D eigenvalue weighted by Gasteiger charge is 2.11. The lowest BCUT2D eigenvalue weighted by atomic mass is 10.1. The van der Waals surface area contributed by atoms with E-state index in [1.807, 2.05) is 0 Å². The van der Waals surface area contributed by atoms with Gasteiger partial charge in [-0.15, -0.1) is 0 Å². The van der Waals surface area contributed by atoms with Gasteiger partial charge in [0.15, 0.2) is 5.69 Å². The van der Waals surface area contributed by atoms with Crippen molar-refractivity contribution in [2.75, 3.05) is 7.11 Å². The first kappa shape index (κ1) is 10.7. The van der Waals surface area contributed by atoms with Crippen LogP contribution in [0.25, 0.3) is 4.85 Å². The molecule has 3 nitrogen and oxygen atoms in total. The molecule has 1 rings (SSSR count). The Morgan fingerprint density at radius 2 is 2.36 bits per heavy atom. The van der Waals surface area contributed by atoms with Crippen LogP contribution in [0, 0.1) is 6.57 Å². The number of hydrogen-bond donors (Lipinski definition) is 0. The number of hydrogen-bond acceptors (Lipinski definition) is 2. The Hall–Kier alpha value is -1.34. The van der Waals surface area contributed by atoms with Crippen LogP contribution in [0.1, 0.15) is 15.9 Å². The Bertz CT molecular complexity index is 396. The van der Waals surface area contributed by atoms with Gasteiger partial charge in [0, 0.05) is 5.33 Å². The van der Waals surface area contributed by atoms with Crippen LogP contribution in [0.5, 0.6) is 0 Å². The zero-order valence-electron chi connectivity index (χ0n) is 7.58. The van der Waals surface area contributed by atoms with Gasteiger partial charge >= 0.3 is 5.97 Å².